The van der Waals surface area contributed by atoms with Crippen LogP contribution in [0.15, 0.2) is 0 Å². The van der Waals surface area contributed by atoms with Crippen molar-refractivity contribution in [2.75, 3.05) is 0 Å². The van der Waals surface area contributed by atoms with Gasteiger partial charge in [0.2, 0.25) is 0 Å². The van der Waals surface area contributed by atoms with Crippen molar-refractivity contribution >= 4 is 5.97 Å². The van der Waals surface area contributed by atoms with E-state index < -0.39 is 0 Å². The van der Waals surface area contributed by atoms with Gasteiger partial charge in [0.15, 0.2) is 0 Å². The molecule has 6 atom stereocenters. The number of hydrogen-bond donors (Lipinski definition) is 0. The molecule has 3 rings (SSSR count). The standard InChI is InChI=1S/C29H52O2/c1-3-5-7-8-9-10-12-14-29(30)31-26-18-20-28-25(22-26)17-16-24-21-23(13-11-6-4-2)15-19-27(24)28/h23-28H,3-22H2,1-2H3/t23-,24?,25?,26-,27?,28?/m0/s1. The van der Waals surface area contributed by atoms with E-state index in [1.165, 1.54) is 103 Å². The van der Waals surface area contributed by atoms with Crippen molar-refractivity contribution in [2.45, 2.75) is 148 Å². The molecule has 3 aliphatic rings. The van der Waals surface area contributed by atoms with Crippen molar-refractivity contribution in [1.82, 2.24) is 0 Å². The number of fused-ring (bicyclic) bond motifs is 3. The smallest absolute Gasteiger partial charge is 0.306 e. The van der Waals surface area contributed by atoms with Gasteiger partial charge in [0, 0.05) is 6.42 Å². The molecule has 2 nitrogen and oxygen atoms in total. The molecule has 3 aliphatic carbocycles. The number of hydrogen-bond acceptors (Lipinski definition) is 2. The third-order valence-corrected chi connectivity index (χ3v) is 9.10. The molecule has 0 aromatic rings. The molecule has 0 aromatic heterocycles. The number of rotatable bonds is 13. The van der Waals surface area contributed by atoms with Gasteiger partial charge in [0.25, 0.3) is 0 Å². The van der Waals surface area contributed by atoms with Gasteiger partial charge in [-0.2, -0.15) is 0 Å². The highest BCUT2D eigenvalue weighted by Gasteiger charge is 2.44. The molecule has 3 saturated carbocycles. The van der Waals surface area contributed by atoms with Crippen LogP contribution in [0.3, 0.4) is 0 Å². The monoisotopic (exact) mass is 432 g/mol. The molecule has 0 radical (unpaired) electrons. The highest BCUT2D eigenvalue weighted by atomic mass is 16.5. The first-order chi connectivity index (χ1) is 15.2. The van der Waals surface area contributed by atoms with Gasteiger partial charge in [-0.1, -0.05) is 84.5 Å². The summed E-state index contributed by atoms with van der Waals surface area (Å²) >= 11 is 0. The summed E-state index contributed by atoms with van der Waals surface area (Å²) in [7, 11) is 0. The summed E-state index contributed by atoms with van der Waals surface area (Å²) in [6.07, 6.45) is 26.4. The van der Waals surface area contributed by atoms with E-state index in [4.69, 9.17) is 4.74 Å². The van der Waals surface area contributed by atoms with Crippen LogP contribution < -0.4 is 0 Å². The Labute approximate surface area is 193 Å². The minimum atomic E-state index is 0.0817. The zero-order chi connectivity index (χ0) is 21.9. The lowest BCUT2D eigenvalue weighted by Gasteiger charge is -2.50. The van der Waals surface area contributed by atoms with E-state index in [-0.39, 0.29) is 12.1 Å². The van der Waals surface area contributed by atoms with Gasteiger partial charge in [-0.25, -0.2) is 0 Å². The van der Waals surface area contributed by atoms with Crippen molar-refractivity contribution in [1.29, 1.82) is 0 Å². The van der Waals surface area contributed by atoms with Gasteiger partial charge in [-0.05, 0) is 81.0 Å². The molecule has 0 spiro atoms. The van der Waals surface area contributed by atoms with Crippen LogP contribution in [0.2, 0.25) is 0 Å². The predicted molar refractivity (Wildman–Crippen MR) is 131 cm³/mol. The van der Waals surface area contributed by atoms with E-state index in [1.54, 1.807) is 0 Å². The van der Waals surface area contributed by atoms with E-state index >= 15 is 0 Å². The van der Waals surface area contributed by atoms with E-state index in [0.29, 0.717) is 6.42 Å². The number of ether oxygens (including phenoxy) is 1. The lowest BCUT2D eigenvalue weighted by Crippen LogP contribution is -2.43. The summed E-state index contributed by atoms with van der Waals surface area (Å²) in [6, 6.07) is 0. The fraction of sp³-hybridized carbons (Fsp3) is 0.966. The predicted octanol–water partition coefficient (Wildman–Crippen LogP) is 8.86. The van der Waals surface area contributed by atoms with Crippen molar-refractivity contribution in [3.8, 4) is 0 Å². The highest BCUT2D eigenvalue weighted by molar-refractivity contribution is 5.69. The highest BCUT2D eigenvalue weighted by Crippen LogP contribution is 2.53. The largest absolute Gasteiger partial charge is 0.462 e. The minimum absolute atomic E-state index is 0.0817. The molecule has 0 aromatic carbocycles. The zero-order valence-corrected chi connectivity index (χ0v) is 20.9. The molecule has 31 heavy (non-hydrogen) atoms. The second-order valence-corrected chi connectivity index (χ2v) is 11.4. The van der Waals surface area contributed by atoms with Crippen molar-refractivity contribution in [3.63, 3.8) is 0 Å². The Bertz CT molecular complexity index is 501. The summed E-state index contributed by atoms with van der Waals surface area (Å²) in [4.78, 5) is 12.4. The van der Waals surface area contributed by atoms with Crippen LogP contribution in [-0.2, 0) is 9.53 Å². The first-order valence-electron chi connectivity index (χ1n) is 14.4. The normalized spacial score (nSPS) is 32.8. The Balaban J connectivity index is 1.32. The number of unbranched alkanes of at least 4 members (excludes halogenated alkanes) is 8. The third kappa shape index (κ3) is 8.08. The Kier molecular flexibility index (Phi) is 11.2. The third-order valence-electron chi connectivity index (χ3n) is 9.10. The lowest BCUT2D eigenvalue weighted by molar-refractivity contribution is -0.153. The van der Waals surface area contributed by atoms with Gasteiger partial charge in [-0.15, -0.1) is 0 Å². The quantitative estimate of drug-likeness (QED) is 0.214. The molecule has 0 N–H and O–H groups in total. The summed E-state index contributed by atoms with van der Waals surface area (Å²) in [5.41, 5.74) is 0. The molecule has 0 aliphatic heterocycles. The van der Waals surface area contributed by atoms with Crippen LogP contribution >= 0.6 is 0 Å². The van der Waals surface area contributed by atoms with E-state index in [1.807, 2.05) is 0 Å². The van der Waals surface area contributed by atoms with Crippen LogP contribution in [0.4, 0.5) is 0 Å². The zero-order valence-electron chi connectivity index (χ0n) is 20.9. The topological polar surface area (TPSA) is 26.3 Å². The number of carbonyl (C=O) groups excluding carboxylic acids is 1. The molecule has 4 unspecified atom stereocenters. The van der Waals surface area contributed by atoms with Gasteiger partial charge >= 0.3 is 5.97 Å². The minimum Gasteiger partial charge on any atom is -0.462 e. The van der Waals surface area contributed by atoms with Gasteiger partial charge < -0.3 is 4.74 Å². The number of carbonyl (C=O) groups is 1. The molecule has 180 valence electrons. The average Bonchev–Trinajstić information content (AvgIpc) is 2.78. The van der Waals surface area contributed by atoms with Crippen molar-refractivity contribution in [3.05, 3.63) is 0 Å². The van der Waals surface area contributed by atoms with E-state index in [2.05, 4.69) is 13.8 Å². The SMILES string of the molecule is CCCCCCCCCC(=O)O[C@H]1CCC2C(CCC3C[C@@H](CCCCC)CCC32)C1. The molecule has 2 heteroatoms. The maximum absolute atomic E-state index is 12.4. The van der Waals surface area contributed by atoms with Crippen LogP contribution in [0.1, 0.15) is 142 Å². The van der Waals surface area contributed by atoms with Crippen LogP contribution in [0, 0.1) is 29.6 Å². The summed E-state index contributed by atoms with van der Waals surface area (Å²) in [5, 5.41) is 0. The molecule has 0 heterocycles. The first-order valence-corrected chi connectivity index (χ1v) is 14.4. The Hall–Kier alpha value is -0.530. The Morgan fingerprint density at radius 1 is 0.677 bits per heavy atom. The molecule has 0 amide bonds. The fourth-order valence-electron chi connectivity index (χ4n) is 7.37. The Morgan fingerprint density at radius 3 is 2.03 bits per heavy atom. The van der Waals surface area contributed by atoms with Crippen LogP contribution in [-0.4, -0.2) is 12.1 Å². The van der Waals surface area contributed by atoms with E-state index in [0.717, 1.165) is 48.9 Å². The van der Waals surface area contributed by atoms with Crippen molar-refractivity contribution < 1.29 is 9.53 Å². The van der Waals surface area contributed by atoms with Gasteiger partial charge in [-0.3, -0.25) is 4.79 Å². The maximum atomic E-state index is 12.4. The summed E-state index contributed by atoms with van der Waals surface area (Å²) in [6.45, 7) is 4.58. The summed E-state index contributed by atoms with van der Waals surface area (Å²) in [5.74, 6) is 4.88. The van der Waals surface area contributed by atoms with Gasteiger partial charge in [0.1, 0.15) is 6.10 Å². The van der Waals surface area contributed by atoms with Crippen molar-refractivity contribution in [2.24, 2.45) is 29.6 Å². The van der Waals surface area contributed by atoms with Crippen LogP contribution in [0.5, 0.6) is 0 Å². The summed E-state index contributed by atoms with van der Waals surface area (Å²) < 4.78 is 5.95. The average molecular weight is 433 g/mol. The molecular formula is C29H52O2. The first kappa shape index (κ1) is 25.1. The molecular weight excluding hydrogens is 380 g/mol. The number of esters is 1. The van der Waals surface area contributed by atoms with E-state index in [9.17, 15) is 4.79 Å². The fourth-order valence-corrected chi connectivity index (χ4v) is 7.37. The second kappa shape index (κ2) is 13.9. The van der Waals surface area contributed by atoms with Crippen LogP contribution in [0.25, 0.3) is 0 Å². The molecule has 0 saturated heterocycles. The van der Waals surface area contributed by atoms with Gasteiger partial charge in [0.05, 0.1) is 0 Å². The molecule has 3 fully saturated rings. The maximum Gasteiger partial charge on any atom is 0.306 e. The Morgan fingerprint density at radius 2 is 1.29 bits per heavy atom. The second-order valence-electron chi connectivity index (χ2n) is 11.4. The molecule has 0 bridgehead atoms. The lowest BCUT2D eigenvalue weighted by atomic mass is 9.56.